The van der Waals surface area contributed by atoms with E-state index >= 15 is 4.39 Å². The first-order valence-corrected chi connectivity index (χ1v) is 14.7. The average Bonchev–Trinajstić information content (AvgIpc) is 3.71. The molecule has 0 aliphatic carbocycles. The number of imidazole rings is 1. The Kier molecular flexibility index (Phi) is 7.53. The van der Waals surface area contributed by atoms with Crippen LogP contribution in [0, 0.1) is 5.82 Å². The molecule has 226 valence electrons. The van der Waals surface area contributed by atoms with Gasteiger partial charge < -0.3 is 23.8 Å². The zero-order chi connectivity index (χ0) is 30.3. The van der Waals surface area contributed by atoms with E-state index in [1.165, 1.54) is 4.68 Å². The smallest absolute Gasteiger partial charge is 0.410 e. The van der Waals surface area contributed by atoms with Crippen molar-refractivity contribution in [1.82, 2.24) is 29.2 Å². The maximum Gasteiger partial charge on any atom is 0.410 e. The molecule has 0 spiro atoms. The van der Waals surface area contributed by atoms with Gasteiger partial charge in [-0.2, -0.15) is 5.10 Å². The molecule has 12 heteroatoms. The van der Waals surface area contributed by atoms with Gasteiger partial charge in [0, 0.05) is 67.3 Å². The third-order valence-corrected chi connectivity index (χ3v) is 7.77. The van der Waals surface area contributed by atoms with Gasteiger partial charge in [0.15, 0.2) is 11.9 Å². The van der Waals surface area contributed by atoms with Gasteiger partial charge in [-0.1, -0.05) is 12.1 Å². The van der Waals surface area contributed by atoms with Crippen LogP contribution in [0.15, 0.2) is 43.0 Å². The second kappa shape index (κ2) is 11.3. The van der Waals surface area contributed by atoms with E-state index in [0.29, 0.717) is 48.4 Å². The zero-order valence-corrected chi connectivity index (χ0v) is 24.9. The van der Waals surface area contributed by atoms with E-state index < -0.39 is 23.4 Å². The molecule has 3 aromatic heterocycles. The van der Waals surface area contributed by atoms with Crippen molar-refractivity contribution in [2.24, 2.45) is 0 Å². The van der Waals surface area contributed by atoms with Crippen LogP contribution < -0.4 is 4.90 Å². The highest BCUT2D eigenvalue weighted by atomic mass is 19.1. The Morgan fingerprint density at radius 1 is 1.05 bits per heavy atom. The lowest BCUT2D eigenvalue weighted by atomic mass is 10.1. The largest absolute Gasteiger partial charge is 0.464 e. The van der Waals surface area contributed by atoms with E-state index in [4.69, 9.17) is 9.47 Å². The molecule has 0 N–H and O–H groups in total. The summed E-state index contributed by atoms with van der Waals surface area (Å²) in [4.78, 5) is 38.4. The van der Waals surface area contributed by atoms with E-state index in [0.717, 1.165) is 30.9 Å². The van der Waals surface area contributed by atoms with Crippen LogP contribution in [0.25, 0.3) is 22.0 Å². The lowest BCUT2D eigenvalue weighted by Crippen LogP contribution is -2.50. The number of carbonyl (C=O) groups excluding carboxylic acids is 2. The second-order valence-electron chi connectivity index (χ2n) is 11.9. The molecule has 1 amide bonds. The number of carbonyl (C=O) groups is 2. The molecule has 0 saturated carbocycles. The number of hydrogen-bond acceptors (Lipinski definition) is 8. The van der Waals surface area contributed by atoms with E-state index in [1.807, 2.05) is 37.5 Å². The summed E-state index contributed by atoms with van der Waals surface area (Å²) in [6, 6.07) is 6.28. The molecule has 1 unspecified atom stereocenters. The number of hydrogen-bond donors (Lipinski definition) is 0. The van der Waals surface area contributed by atoms with E-state index in [1.54, 1.807) is 42.7 Å². The number of amides is 1. The van der Waals surface area contributed by atoms with Gasteiger partial charge in [-0.3, -0.25) is 4.68 Å². The van der Waals surface area contributed by atoms with Crippen molar-refractivity contribution in [3.63, 3.8) is 0 Å². The lowest BCUT2D eigenvalue weighted by molar-refractivity contribution is -0.146. The summed E-state index contributed by atoms with van der Waals surface area (Å²) in [5, 5.41) is 5.11. The molecule has 43 heavy (non-hydrogen) atoms. The van der Waals surface area contributed by atoms with Crippen LogP contribution in [0.1, 0.15) is 51.5 Å². The number of piperazine rings is 1. The fraction of sp³-hybridized carbons (Fsp3) is 0.452. The monoisotopic (exact) mass is 589 g/mol. The van der Waals surface area contributed by atoms with Gasteiger partial charge >= 0.3 is 12.1 Å². The Bertz CT molecular complexity index is 1650. The van der Waals surface area contributed by atoms with Crippen LogP contribution in [0.5, 0.6) is 0 Å². The Morgan fingerprint density at radius 2 is 1.84 bits per heavy atom. The molecule has 5 heterocycles. The molecule has 1 saturated heterocycles. The lowest BCUT2D eigenvalue weighted by Gasteiger charge is -2.36. The molecule has 2 aliphatic heterocycles. The fourth-order valence-electron chi connectivity index (χ4n) is 5.70. The van der Waals surface area contributed by atoms with Crippen LogP contribution in [-0.4, -0.2) is 79.7 Å². The number of fused-ring (bicyclic) bond motifs is 2. The number of aromatic nitrogens is 5. The summed E-state index contributed by atoms with van der Waals surface area (Å²) < 4.78 is 30.3. The van der Waals surface area contributed by atoms with Gasteiger partial charge in [-0.15, -0.1) is 0 Å². The molecule has 6 rings (SSSR count). The maximum atomic E-state index is 15.9. The van der Waals surface area contributed by atoms with Gasteiger partial charge in [0.05, 0.1) is 18.6 Å². The quantitative estimate of drug-likeness (QED) is 0.301. The first kappa shape index (κ1) is 28.6. The highest BCUT2D eigenvalue weighted by Crippen LogP contribution is 2.32. The van der Waals surface area contributed by atoms with E-state index in [9.17, 15) is 9.59 Å². The second-order valence-corrected chi connectivity index (χ2v) is 11.9. The fourth-order valence-corrected chi connectivity index (χ4v) is 5.70. The highest BCUT2D eigenvalue weighted by molar-refractivity contribution is 5.86. The van der Waals surface area contributed by atoms with Crippen LogP contribution in [0.4, 0.5) is 15.0 Å². The van der Waals surface area contributed by atoms with Gasteiger partial charge in [0.1, 0.15) is 16.9 Å². The van der Waals surface area contributed by atoms with E-state index in [-0.39, 0.29) is 18.2 Å². The normalized spacial score (nSPS) is 15.9. The van der Waals surface area contributed by atoms with Crippen molar-refractivity contribution in [2.45, 2.75) is 58.7 Å². The summed E-state index contributed by atoms with van der Waals surface area (Å²) >= 11 is 0. The number of ether oxygens (including phenoxy) is 2. The number of rotatable bonds is 6. The molecule has 0 bridgehead atoms. The van der Waals surface area contributed by atoms with E-state index in [2.05, 4.69) is 20.0 Å². The molecule has 1 fully saturated rings. The zero-order valence-electron chi connectivity index (χ0n) is 24.9. The predicted molar refractivity (Wildman–Crippen MR) is 158 cm³/mol. The summed E-state index contributed by atoms with van der Waals surface area (Å²) in [5.41, 5.74) is 2.17. The van der Waals surface area contributed by atoms with Crippen molar-refractivity contribution in [3.05, 3.63) is 60.2 Å². The molecule has 1 atom stereocenters. The van der Waals surface area contributed by atoms with Gasteiger partial charge in [-0.05, 0) is 52.7 Å². The highest BCUT2D eigenvalue weighted by Gasteiger charge is 2.33. The first-order valence-electron chi connectivity index (χ1n) is 14.7. The summed E-state index contributed by atoms with van der Waals surface area (Å²) in [6.07, 6.45) is 6.53. The molecule has 2 aliphatic rings. The van der Waals surface area contributed by atoms with Crippen molar-refractivity contribution in [2.75, 3.05) is 37.7 Å². The Hall–Kier alpha value is -4.48. The third kappa shape index (κ3) is 5.65. The molecule has 1 aromatic carbocycles. The number of pyridine rings is 1. The van der Waals surface area contributed by atoms with Crippen molar-refractivity contribution < 1.29 is 23.5 Å². The van der Waals surface area contributed by atoms with Gasteiger partial charge in [0.25, 0.3) is 0 Å². The SMILES string of the molecule is CCOC(=O)C(c1ncn2c1CCC2)n1cc2ccc(-c3ccc(N4CCN(C(=O)OC(C)(C)C)CC4)nc3)c(F)c2n1. The number of nitrogens with zero attached hydrogens (tertiary/aromatic N) is 7. The van der Waals surface area contributed by atoms with Crippen LogP contribution in [0.3, 0.4) is 0 Å². The molecular formula is C31H36FN7O4. The van der Waals surface area contributed by atoms with Gasteiger partial charge in [-0.25, -0.2) is 23.9 Å². The minimum absolute atomic E-state index is 0.157. The number of halogens is 1. The molecule has 11 nitrogen and oxygen atoms in total. The van der Waals surface area contributed by atoms with Crippen LogP contribution >= 0.6 is 0 Å². The summed E-state index contributed by atoms with van der Waals surface area (Å²) in [6.45, 7) is 10.7. The minimum atomic E-state index is -0.902. The topological polar surface area (TPSA) is 108 Å². The van der Waals surface area contributed by atoms with Crippen molar-refractivity contribution in [3.8, 4) is 11.1 Å². The number of anilines is 1. The average molecular weight is 590 g/mol. The first-order chi connectivity index (χ1) is 20.6. The van der Waals surface area contributed by atoms with Crippen molar-refractivity contribution >= 4 is 28.8 Å². The Balaban J connectivity index is 1.22. The number of aryl methyl sites for hydroxylation is 1. The molecule has 0 radical (unpaired) electrons. The number of benzene rings is 1. The molecule has 4 aromatic rings. The Labute approximate surface area is 249 Å². The van der Waals surface area contributed by atoms with Crippen LogP contribution in [0.2, 0.25) is 0 Å². The number of esters is 1. The summed E-state index contributed by atoms with van der Waals surface area (Å²) in [5.74, 6) is -0.214. The standard InChI is InChI=1S/C31H36FN7O4/c1-5-42-29(40)28(27-23-7-6-12-38(23)19-34-27)39-18-21-8-10-22(25(32)26(21)35-39)20-9-11-24(33-17-20)36-13-15-37(16-14-36)30(41)43-31(2,3)4/h8-11,17-19,28H,5-7,12-16H2,1-4H3. The molecular weight excluding hydrogens is 553 g/mol. The van der Waals surface area contributed by atoms with Gasteiger partial charge in [0.2, 0.25) is 0 Å². The minimum Gasteiger partial charge on any atom is -0.464 e. The maximum absolute atomic E-state index is 15.9. The van der Waals surface area contributed by atoms with Crippen LogP contribution in [-0.2, 0) is 27.2 Å². The Morgan fingerprint density at radius 3 is 2.53 bits per heavy atom. The third-order valence-electron chi connectivity index (χ3n) is 7.77. The summed E-state index contributed by atoms with van der Waals surface area (Å²) in [7, 11) is 0. The predicted octanol–water partition coefficient (Wildman–Crippen LogP) is 4.59. The van der Waals surface area contributed by atoms with Crippen molar-refractivity contribution in [1.29, 1.82) is 0 Å².